The number of aliphatic carboxylic acids is 1. The Labute approximate surface area is 119 Å². The van der Waals surface area contributed by atoms with Crippen molar-refractivity contribution in [2.24, 2.45) is 0 Å². The topological polar surface area (TPSA) is 46.5 Å². The number of para-hydroxylation sites is 1. The predicted octanol–water partition coefficient (Wildman–Crippen LogP) is 3.56. The minimum atomic E-state index is -0.864. The van der Waals surface area contributed by atoms with Crippen LogP contribution in [0.15, 0.2) is 46.9 Å². The third kappa shape index (κ3) is 2.12. The Morgan fingerprint density at radius 1 is 1.21 bits per heavy atom. The van der Waals surface area contributed by atoms with Crippen LogP contribution in [0.25, 0.3) is 0 Å². The van der Waals surface area contributed by atoms with Gasteiger partial charge in [-0.2, -0.15) is 0 Å². The van der Waals surface area contributed by atoms with E-state index in [0.717, 1.165) is 15.6 Å². The summed E-state index contributed by atoms with van der Waals surface area (Å²) in [5.74, 6) is -0.911. The highest BCUT2D eigenvalue weighted by atomic mass is 79.9. The summed E-state index contributed by atoms with van der Waals surface area (Å²) in [6, 6.07) is 13.0. The number of hydrogen-bond donors (Lipinski definition) is 1. The minimum Gasteiger partial charge on any atom is -0.489 e. The number of halogens is 1. The van der Waals surface area contributed by atoms with Gasteiger partial charge in [-0.25, -0.2) is 0 Å². The Morgan fingerprint density at radius 3 is 2.79 bits per heavy atom. The maximum atomic E-state index is 11.7. The molecule has 1 atom stereocenters. The zero-order valence-corrected chi connectivity index (χ0v) is 11.6. The van der Waals surface area contributed by atoms with Crippen LogP contribution in [-0.4, -0.2) is 11.1 Å². The van der Waals surface area contributed by atoms with Crippen molar-refractivity contribution in [3.63, 3.8) is 0 Å². The molecule has 0 radical (unpaired) electrons. The molecule has 96 valence electrons. The average Bonchev–Trinajstić information content (AvgIpc) is 2.54. The van der Waals surface area contributed by atoms with Crippen LogP contribution in [0, 0.1) is 0 Å². The fourth-order valence-corrected chi connectivity index (χ4v) is 2.78. The maximum Gasteiger partial charge on any atom is 0.315 e. The predicted molar refractivity (Wildman–Crippen MR) is 74.4 cm³/mol. The molecule has 1 N–H and O–H groups in total. The average molecular weight is 319 g/mol. The summed E-state index contributed by atoms with van der Waals surface area (Å²) in [6.07, 6.45) is 0. The molecule has 0 saturated heterocycles. The van der Waals surface area contributed by atoms with E-state index in [0.29, 0.717) is 17.9 Å². The van der Waals surface area contributed by atoms with Crippen molar-refractivity contribution in [2.45, 2.75) is 12.5 Å². The molecule has 0 spiro atoms. The fraction of sp³-hybridized carbons (Fsp3) is 0.133. The highest BCUT2D eigenvalue weighted by molar-refractivity contribution is 9.10. The van der Waals surface area contributed by atoms with E-state index < -0.39 is 11.9 Å². The lowest BCUT2D eigenvalue weighted by Crippen LogP contribution is -2.13. The van der Waals surface area contributed by atoms with Crippen molar-refractivity contribution in [3.05, 3.63) is 63.6 Å². The van der Waals surface area contributed by atoms with Gasteiger partial charge in [-0.3, -0.25) is 4.79 Å². The second-order valence-electron chi connectivity index (χ2n) is 4.44. The summed E-state index contributed by atoms with van der Waals surface area (Å²) < 4.78 is 6.59. The summed E-state index contributed by atoms with van der Waals surface area (Å²) in [5, 5.41) is 9.58. The lowest BCUT2D eigenvalue weighted by Gasteiger charge is -2.14. The van der Waals surface area contributed by atoms with Gasteiger partial charge in [0.15, 0.2) is 0 Å². The van der Waals surface area contributed by atoms with Gasteiger partial charge in [0.05, 0.1) is 0 Å². The van der Waals surface area contributed by atoms with Gasteiger partial charge >= 0.3 is 5.97 Å². The van der Waals surface area contributed by atoms with Crippen molar-refractivity contribution in [3.8, 4) is 5.75 Å². The molecule has 1 unspecified atom stereocenters. The van der Waals surface area contributed by atoms with Gasteiger partial charge in [-0.15, -0.1) is 0 Å². The fourth-order valence-electron chi connectivity index (χ4n) is 2.41. The molecule has 0 aromatic heterocycles. The van der Waals surface area contributed by atoms with E-state index in [9.17, 15) is 9.90 Å². The number of fused-ring (bicyclic) bond motifs is 2. The van der Waals surface area contributed by atoms with E-state index in [1.165, 1.54) is 0 Å². The number of rotatable bonds is 1. The van der Waals surface area contributed by atoms with Gasteiger partial charge in [0.2, 0.25) is 0 Å². The largest absolute Gasteiger partial charge is 0.489 e. The summed E-state index contributed by atoms with van der Waals surface area (Å²) in [5.41, 5.74) is 2.39. The van der Waals surface area contributed by atoms with Crippen molar-refractivity contribution in [1.82, 2.24) is 0 Å². The van der Waals surface area contributed by atoms with Crippen molar-refractivity contribution in [2.75, 3.05) is 0 Å². The minimum absolute atomic E-state index is 0.392. The molecule has 3 nitrogen and oxygen atoms in total. The van der Waals surface area contributed by atoms with Crippen LogP contribution in [0.3, 0.4) is 0 Å². The van der Waals surface area contributed by atoms with E-state index >= 15 is 0 Å². The molecule has 0 aliphatic carbocycles. The second-order valence-corrected chi connectivity index (χ2v) is 5.36. The number of benzene rings is 2. The van der Waals surface area contributed by atoms with Gasteiger partial charge < -0.3 is 9.84 Å². The second kappa shape index (κ2) is 4.70. The van der Waals surface area contributed by atoms with E-state index in [-0.39, 0.29) is 0 Å². The number of hydrogen-bond acceptors (Lipinski definition) is 2. The Bertz CT molecular complexity index is 652. The molecule has 4 heteroatoms. The van der Waals surface area contributed by atoms with E-state index in [1.807, 2.05) is 42.5 Å². The highest BCUT2D eigenvalue weighted by Gasteiger charge is 2.30. The lowest BCUT2D eigenvalue weighted by atomic mass is 9.88. The molecule has 2 aromatic rings. The molecule has 0 amide bonds. The highest BCUT2D eigenvalue weighted by Crippen LogP contribution is 2.38. The standard InChI is InChI=1S/C15H11BrO3/c16-10-6-5-9-8-19-13-4-2-1-3-11(13)14(15(17)18)12(9)7-10/h1-7,14H,8H2,(H,17,18). The molecule has 0 fully saturated rings. The van der Waals surface area contributed by atoms with Gasteiger partial charge in [0, 0.05) is 10.0 Å². The van der Waals surface area contributed by atoms with Crippen LogP contribution < -0.4 is 4.74 Å². The van der Waals surface area contributed by atoms with Gasteiger partial charge in [0.1, 0.15) is 18.3 Å². The summed E-state index contributed by atoms with van der Waals surface area (Å²) in [7, 11) is 0. The monoisotopic (exact) mass is 318 g/mol. The summed E-state index contributed by atoms with van der Waals surface area (Å²) in [6.45, 7) is 0.392. The van der Waals surface area contributed by atoms with Crippen LogP contribution in [0.4, 0.5) is 0 Å². The summed E-state index contributed by atoms with van der Waals surface area (Å²) >= 11 is 3.40. The Balaban J connectivity index is 2.25. The third-order valence-electron chi connectivity index (χ3n) is 3.28. The van der Waals surface area contributed by atoms with Crippen LogP contribution in [-0.2, 0) is 11.4 Å². The molecule has 1 heterocycles. The molecule has 3 rings (SSSR count). The molecule has 0 saturated carbocycles. The molecular formula is C15H11BrO3. The number of ether oxygens (including phenoxy) is 1. The first-order valence-electron chi connectivity index (χ1n) is 5.89. The zero-order chi connectivity index (χ0) is 13.4. The van der Waals surface area contributed by atoms with Crippen LogP contribution in [0.1, 0.15) is 22.6 Å². The molecule has 19 heavy (non-hydrogen) atoms. The van der Waals surface area contributed by atoms with Gasteiger partial charge in [-0.05, 0) is 29.3 Å². The quantitative estimate of drug-likeness (QED) is 0.874. The Morgan fingerprint density at radius 2 is 2.00 bits per heavy atom. The Hall–Kier alpha value is -1.81. The Kier molecular flexibility index (Phi) is 3.03. The van der Waals surface area contributed by atoms with E-state index in [2.05, 4.69) is 15.9 Å². The molecule has 1 aliphatic rings. The first kappa shape index (κ1) is 12.2. The first-order chi connectivity index (χ1) is 9.16. The number of carboxylic acid groups (broad SMARTS) is 1. The molecular weight excluding hydrogens is 308 g/mol. The SMILES string of the molecule is O=C(O)C1c2cc(Br)ccc2COc2ccccc21. The summed E-state index contributed by atoms with van der Waals surface area (Å²) in [4.78, 5) is 11.7. The van der Waals surface area contributed by atoms with Gasteiger partial charge in [0.25, 0.3) is 0 Å². The molecule has 0 bridgehead atoms. The molecule has 1 aliphatic heterocycles. The van der Waals surface area contributed by atoms with Crippen LogP contribution in [0.2, 0.25) is 0 Å². The third-order valence-corrected chi connectivity index (χ3v) is 3.77. The number of carbonyl (C=O) groups is 1. The smallest absolute Gasteiger partial charge is 0.315 e. The number of carboxylic acids is 1. The van der Waals surface area contributed by atoms with Crippen LogP contribution in [0.5, 0.6) is 5.75 Å². The van der Waals surface area contributed by atoms with E-state index in [4.69, 9.17) is 4.74 Å². The first-order valence-corrected chi connectivity index (χ1v) is 6.69. The van der Waals surface area contributed by atoms with Crippen LogP contribution >= 0.6 is 15.9 Å². The van der Waals surface area contributed by atoms with Crippen molar-refractivity contribution in [1.29, 1.82) is 0 Å². The van der Waals surface area contributed by atoms with Gasteiger partial charge in [-0.1, -0.05) is 40.2 Å². The lowest BCUT2D eigenvalue weighted by molar-refractivity contribution is -0.137. The normalized spacial score (nSPS) is 16.8. The van der Waals surface area contributed by atoms with Crippen molar-refractivity contribution >= 4 is 21.9 Å². The van der Waals surface area contributed by atoms with Crippen molar-refractivity contribution < 1.29 is 14.6 Å². The van der Waals surface area contributed by atoms with E-state index in [1.54, 1.807) is 0 Å². The maximum absolute atomic E-state index is 11.7. The molecule has 2 aromatic carbocycles. The zero-order valence-electron chi connectivity index (χ0n) is 9.97.